The molecule has 1 aliphatic heterocycles. The number of rotatable bonds is 3. The number of ether oxygens (including phenoxy) is 1. The molecule has 3 aromatic rings. The van der Waals surface area contributed by atoms with Gasteiger partial charge in [-0.2, -0.15) is 0 Å². The Morgan fingerprint density at radius 1 is 0.821 bits per heavy atom. The van der Waals surface area contributed by atoms with Crippen molar-refractivity contribution in [2.75, 3.05) is 19.1 Å². The fourth-order valence-electron chi connectivity index (χ4n) is 3.32. The quantitative estimate of drug-likeness (QED) is 0.594. The van der Waals surface area contributed by atoms with Gasteiger partial charge in [-0.15, -0.1) is 0 Å². The molecule has 1 aliphatic rings. The zero-order chi connectivity index (χ0) is 19.5. The second kappa shape index (κ2) is 7.69. The first-order valence-corrected chi connectivity index (χ1v) is 9.33. The van der Waals surface area contributed by atoms with E-state index in [2.05, 4.69) is 36.1 Å². The number of anilines is 1. The molecule has 0 aliphatic carbocycles. The number of amidine groups is 1. The summed E-state index contributed by atoms with van der Waals surface area (Å²) in [5, 5.41) is 0. The topological polar surface area (TPSA) is 37.2 Å². The first-order chi connectivity index (χ1) is 13.7. The SMILES string of the molecule is COc1ccccc1N(C)C1=Nc2ccccc2N=C(c2ccc(C)cc2)C1. The molecule has 0 saturated carbocycles. The van der Waals surface area contributed by atoms with E-state index in [-0.39, 0.29) is 0 Å². The minimum Gasteiger partial charge on any atom is -0.495 e. The Bertz CT molecular complexity index is 1050. The van der Waals surface area contributed by atoms with Crippen LogP contribution in [0.1, 0.15) is 17.5 Å². The van der Waals surface area contributed by atoms with Crippen molar-refractivity contribution in [1.29, 1.82) is 0 Å². The highest BCUT2D eigenvalue weighted by Gasteiger charge is 2.20. The van der Waals surface area contributed by atoms with Crippen LogP contribution in [0.25, 0.3) is 0 Å². The number of nitrogens with zero attached hydrogens (tertiary/aromatic N) is 3. The van der Waals surface area contributed by atoms with E-state index in [1.54, 1.807) is 7.11 Å². The number of hydrogen-bond acceptors (Lipinski definition) is 4. The molecule has 140 valence electrons. The van der Waals surface area contributed by atoms with Crippen LogP contribution in [-0.4, -0.2) is 25.7 Å². The van der Waals surface area contributed by atoms with Crippen molar-refractivity contribution in [2.45, 2.75) is 13.3 Å². The van der Waals surface area contributed by atoms with Gasteiger partial charge in [-0.3, -0.25) is 4.99 Å². The zero-order valence-corrected chi connectivity index (χ0v) is 16.4. The Labute approximate surface area is 165 Å². The third kappa shape index (κ3) is 3.54. The number of benzene rings is 3. The summed E-state index contributed by atoms with van der Waals surface area (Å²) in [6, 6.07) is 24.5. The van der Waals surface area contributed by atoms with Crippen molar-refractivity contribution in [3.63, 3.8) is 0 Å². The lowest BCUT2D eigenvalue weighted by atomic mass is 10.0. The van der Waals surface area contributed by atoms with Crippen LogP contribution in [0.4, 0.5) is 17.1 Å². The molecule has 0 saturated heterocycles. The second-order valence-corrected chi connectivity index (χ2v) is 6.85. The molecule has 0 unspecified atom stereocenters. The van der Waals surface area contributed by atoms with Crippen LogP contribution in [0, 0.1) is 6.92 Å². The number of fused-ring (bicyclic) bond motifs is 1. The molecular weight excluding hydrogens is 346 g/mol. The fraction of sp³-hybridized carbons (Fsp3) is 0.167. The van der Waals surface area contributed by atoms with E-state index in [0.717, 1.165) is 39.9 Å². The minimum atomic E-state index is 0.631. The summed E-state index contributed by atoms with van der Waals surface area (Å²) in [7, 11) is 3.72. The molecule has 4 heteroatoms. The molecule has 0 radical (unpaired) electrons. The van der Waals surface area contributed by atoms with E-state index >= 15 is 0 Å². The molecule has 3 aromatic carbocycles. The predicted molar refractivity (Wildman–Crippen MR) is 117 cm³/mol. The van der Waals surface area contributed by atoms with Crippen LogP contribution < -0.4 is 9.64 Å². The monoisotopic (exact) mass is 369 g/mol. The number of aliphatic imine (C=N–C) groups is 2. The van der Waals surface area contributed by atoms with Gasteiger partial charge in [0.2, 0.25) is 0 Å². The number of para-hydroxylation sites is 4. The molecule has 0 fully saturated rings. The summed E-state index contributed by atoms with van der Waals surface area (Å²) >= 11 is 0. The second-order valence-electron chi connectivity index (χ2n) is 6.85. The highest BCUT2D eigenvalue weighted by atomic mass is 16.5. The smallest absolute Gasteiger partial charge is 0.142 e. The lowest BCUT2D eigenvalue weighted by Crippen LogP contribution is -2.28. The van der Waals surface area contributed by atoms with Crippen molar-refractivity contribution < 1.29 is 4.74 Å². The molecule has 0 amide bonds. The molecule has 0 bridgehead atoms. The molecular formula is C24H23N3O. The van der Waals surface area contributed by atoms with Crippen LogP contribution >= 0.6 is 0 Å². The summed E-state index contributed by atoms with van der Waals surface area (Å²) in [4.78, 5) is 12.0. The van der Waals surface area contributed by atoms with Crippen molar-refractivity contribution >= 4 is 28.6 Å². The lowest BCUT2D eigenvalue weighted by molar-refractivity contribution is 0.416. The molecule has 1 heterocycles. The highest BCUT2D eigenvalue weighted by Crippen LogP contribution is 2.34. The van der Waals surface area contributed by atoms with Crippen LogP contribution in [0.15, 0.2) is 82.8 Å². The van der Waals surface area contributed by atoms with Gasteiger partial charge in [0.05, 0.1) is 29.9 Å². The van der Waals surface area contributed by atoms with Gasteiger partial charge in [0, 0.05) is 13.5 Å². The van der Waals surface area contributed by atoms with Gasteiger partial charge >= 0.3 is 0 Å². The van der Waals surface area contributed by atoms with Crippen LogP contribution in [0.5, 0.6) is 5.75 Å². The Hall–Kier alpha value is -3.40. The van der Waals surface area contributed by atoms with Gasteiger partial charge in [0.25, 0.3) is 0 Å². The van der Waals surface area contributed by atoms with Crippen LogP contribution in [0.3, 0.4) is 0 Å². The summed E-state index contributed by atoms with van der Waals surface area (Å²) in [6.45, 7) is 2.09. The summed E-state index contributed by atoms with van der Waals surface area (Å²) < 4.78 is 5.56. The molecule has 0 aromatic heterocycles. The first-order valence-electron chi connectivity index (χ1n) is 9.33. The molecule has 4 rings (SSSR count). The number of methoxy groups -OCH3 is 1. The summed E-state index contributed by atoms with van der Waals surface area (Å²) in [6.07, 6.45) is 0.631. The van der Waals surface area contributed by atoms with E-state index in [1.165, 1.54) is 5.56 Å². The third-order valence-corrected chi connectivity index (χ3v) is 4.93. The van der Waals surface area contributed by atoms with Gasteiger partial charge in [0.1, 0.15) is 11.6 Å². The lowest BCUT2D eigenvalue weighted by Gasteiger charge is -2.23. The molecule has 4 nitrogen and oxygen atoms in total. The zero-order valence-electron chi connectivity index (χ0n) is 16.4. The summed E-state index contributed by atoms with van der Waals surface area (Å²) in [5.74, 6) is 1.74. The third-order valence-electron chi connectivity index (χ3n) is 4.93. The van der Waals surface area contributed by atoms with Gasteiger partial charge in [-0.25, -0.2) is 4.99 Å². The Kier molecular flexibility index (Phi) is 4.94. The first kappa shape index (κ1) is 18.0. The average Bonchev–Trinajstić information content (AvgIpc) is 2.93. The number of hydrogen-bond donors (Lipinski definition) is 0. The van der Waals surface area contributed by atoms with Gasteiger partial charge in [0.15, 0.2) is 0 Å². The van der Waals surface area contributed by atoms with E-state index in [0.29, 0.717) is 6.42 Å². The molecule has 0 atom stereocenters. The molecule has 0 N–H and O–H groups in total. The Balaban J connectivity index is 1.80. The fourth-order valence-corrected chi connectivity index (χ4v) is 3.32. The maximum Gasteiger partial charge on any atom is 0.142 e. The molecule has 28 heavy (non-hydrogen) atoms. The van der Waals surface area contributed by atoms with E-state index in [4.69, 9.17) is 14.7 Å². The minimum absolute atomic E-state index is 0.631. The molecule has 0 spiro atoms. The van der Waals surface area contributed by atoms with Crippen molar-refractivity contribution in [1.82, 2.24) is 0 Å². The van der Waals surface area contributed by atoms with Crippen molar-refractivity contribution in [3.05, 3.63) is 83.9 Å². The number of aryl methyl sites for hydroxylation is 1. The normalized spacial score (nSPS) is 13.1. The largest absolute Gasteiger partial charge is 0.495 e. The van der Waals surface area contributed by atoms with Crippen LogP contribution in [0.2, 0.25) is 0 Å². The highest BCUT2D eigenvalue weighted by molar-refractivity contribution is 6.18. The van der Waals surface area contributed by atoms with Crippen molar-refractivity contribution in [3.8, 4) is 5.75 Å². The predicted octanol–water partition coefficient (Wildman–Crippen LogP) is 5.69. The van der Waals surface area contributed by atoms with Gasteiger partial charge in [-0.05, 0) is 36.8 Å². The van der Waals surface area contributed by atoms with Crippen molar-refractivity contribution in [2.24, 2.45) is 9.98 Å². The maximum atomic E-state index is 5.56. The standard InChI is InChI=1S/C24H23N3O/c1-17-12-14-18(15-13-17)21-16-24(26-20-9-5-4-8-19(20)25-21)27(2)22-10-6-7-11-23(22)28-3/h4-15H,16H2,1-3H3. The van der Waals surface area contributed by atoms with E-state index < -0.39 is 0 Å². The van der Waals surface area contributed by atoms with Gasteiger partial charge in [-0.1, -0.05) is 54.1 Å². The average molecular weight is 369 g/mol. The van der Waals surface area contributed by atoms with Gasteiger partial charge < -0.3 is 9.64 Å². The summed E-state index contributed by atoms with van der Waals surface area (Å²) in [5.41, 5.74) is 6.10. The van der Waals surface area contributed by atoms with E-state index in [9.17, 15) is 0 Å². The maximum absolute atomic E-state index is 5.56. The Morgan fingerprint density at radius 3 is 2.18 bits per heavy atom. The van der Waals surface area contributed by atoms with E-state index in [1.807, 2.05) is 55.6 Å². The van der Waals surface area contributed by atoms with Crippen LogP contribution in [-0.2, 0) is 0 Å². The Morgan fingerprint density at radius 2 is 1.46 bits per heavy atom.